The summed E-state index contributed by atoms with van der Waals surface area (Å²) in [6, 6.07) is 9.02. The van der Waals surface area contributed by atoms with Gasteiger partial charge in [0.15, 0.2) is 0 Å². The van der Waals surface area contributed by atoms with Crippen molar-refractivity contribution in [1.82, 2.24) is 19.4 Å². The fourth-order valence-electron chi connectivity index (χ4n) is 4.29. The summed E-state index contributed by atoms with van der Waals surface area (Å²) in [6.45, 7) is -0.137. The van der Waals surface area contributed by atoms with E-state index in [9.17, 15) is 13.9 Å². The molecule has 1 aliphatic rings. The third-order valence-corrected chi connectivity index (χ3v) is 5.90. The molecular formula is C24H23F2N5O. The lowest BCUT2D eigenvalue weighted by Crippen LogP contribution is -2.23. The highest BCUT2D eigenvalue weighted by atomic mass is 19.1. The number of hydrogen-bond acceptors (Lipinski definition) is 5. The van der Waals surface area contributed by atoms with E-state index in [-0.39, 0.29) is 12.2 Å². The van der Waals surface area contributed by atoms with Crippen LogP contribution in [0.2, 0.25) is 0 Å². The first-order valence-electron chi connectivity index (χ1n) is 10.8. The number of imidazole rings is 1. The van der Waals surface area contributed by atoms with Crippen LogP contribution in [0.25, 0.3) is 28.3 Å². The van der Waals surface area contributed by atoms with E-state index in [4.69, 9.17) is 4.98 Å². The molecule has 32 heavy (non-hydrogen) atoms. The van der Waals surface area contributed by atoms with Crippen LogP contribution in [-0.4, -0.2) is 30.5 Å². The fourth-order valence-corrected chi connectivity index (χ4v) is 4.29. The first-order valence-corrected chi connectivity index (χ1v) is 10.8. The number of aliphatic hydroxyl groups is 1. The van der Waals surface area contributed by atoms with Crippen molar-refractivity contribution in [2.24, 2.45) is 0 Å². The standard InChI is InChI=1S/C24H23F2N5O/c25-16-6-7-18(19(26)13-16)22-23(31-11-9-15(14-32)12-21(31)30-22)20-8-10-27-24(29-20)28-17-4-2-1-3-5-17/h6-13,17,32H,1-5,14H2,(H,27,28,29). The topological polar surface area (TPSA) is 75.3 Å². The number of fused-ring (bicyclic) bond motifs is 1. The first kappa shape index (κ1) is 20.5. The molecule has 3 heterocycles. The largest absolute Gasteiger partial charge is 0.392 e. The van der Waals surface area contributed by atoms with Gasteiger partial charge in [-0.3, -0.25) is 4.40 Å². The molecule has 4 aromatic rings. The molecule has 0 bridgehead atoms. The number of benzene rings is 1. The molecule has 0 radical (unpaired) electrons. The van der Waals surface area contributed by atoms with Crippen LogP contribution in [0, 0.1) is 11.6 Å². The minimum absolute atomic E-state index is 0.137. The highest BCUT2D eigenvalue weighted by Gasteiger charge is 2.21. The maximum absolute atomic E-state index is 14.7. The molecule has 0 atom stereocenters. The molecule has 5 rings (SSSR count). The van der Waals surface area contributed by atoms with E-state index >= 15 is 0 Å². The molecule has 8 heteroatoms. The molecule has 1 aromatic carbocycles. The Balaban J connectivity index is 1.64. The van der Waals surface area contributed by atoms with Crippen molar-refractivity contribution in [1.29, 1.82) is 0 Å². The summed E-state index contributed by atoms with van der Waals surface area (Å²) in [6.07, 6.45) is 9.23. The average molecular weight is 435 g/mol. The summed E-state index contributed by atoms with van der Waals surface area (Å²) >= 11 is 0. The van der Waals surface area contributed by atoms with Gasteiger partial charge in [-0.25, -0.2) is 23.7 Å². The van der Waals surface area contributed by atoms with Crippen molar-refractivity contribution in [3.05, 3.63) is 66.0 Å². The Bertz CT molecular complexity index is 1270. The maximum atomic E-state index is 14.7. The van der Waals surface area contributed by atoms with Crippen LogP contribution in [0.15, 0.2) is 48.8 Å². The van der Waals surface area contributed by atoms with Gasteiger partial charge in [0.25, 0.3) is 0 Å². The van der Waals surface area contributed by atoms with Crippen molar-refractivity contribution in [3.8, 4) is 22.6 Å². The lowest BCUT2D eigenvalue weighted by Gasteiger charge is -2.22. The van der Waals surface area contributed by atoms with Crippen molar-refractivity contribution in [3.63, 3.8) is 0 Å². The fraction of sp³-hybridized carbons (Fsp3) is 0.292. The van der Waals surface area contributed by atoms with E-state index in [1.165, 1.54) is 31.4 Å². The number of hydrogen-bond donors (Lipinski definition) is 2. The molecule has 1 fully saturated rings. The van der Waals surface area contributed by atoms with Crippen LogP contribution >= 0.6 is 0 Å². The van der Waals surface area contributed by atoms with Crippen molar-refractivity contribution in [2.75, 3.05) is 5.32 Å². The number of halogens is 2. The maximum Gasteiger partial charge on any atom is 0.223 e. The number of anilines is 1. The predicted molar refractivity (Wildman–Crippen MR) is 118 cm³/mol. The summed E-state index contributed by atoms with van der Waals surface area (Å²) in [5.74, 6) is -0.839. The zero-order chi connectivity index (χ0) is 22.1. The van der Waals surface area contributed by atoms with Crippen LogP contribution in [0.5, 0.6) is 0 Å². The molecule has 1 saturated carbocycles. The third-order valence-electron chi connectivity index (χ3n) is 5.90. The number of nitrogens with zero attached hydrogens (tertiary/aromatic N) is 4. The minimum atomic E-state index is -0.702. The van der Waals surface area contributed by atoms with E-state index in [1.807, 2.05) is 0 Å². The van der Waals surface area contributed by atoms with Gasteiger partial charge >= 0.3 is 0 Å². The summed E-state index contributed by atoms with van der Waals surface area (Å²) < 4.78 is 30.1. The normalized spacial score (nSPS) is 14.7. The quantitative estimate of drug-likeness (QED) is 0.463. The van der Waals surface area contributed by atoms with E-state index in [0.29, 0.717) is 40.3 Å². The van der Waals surface area contributed by atoms with Gasteiger partial charge in [0.2, 0.25) is 5.95 Å². The molecule has 0 amide bonds. The third kappa shape index (κ3) is 3.93. The van der Waals surface area contributed by atoms with Gasteiger partial charge in [-0.15, -0.1) is 0 Å². The van der Waals surface area contributed by atoms with Gasteiger partial charge in [-0.05, 0) is 48.7 Å². The molecule has 0 saturated heterocycles. The zero-order valence-electron chi connectivity index (χ0n) is 17.4. The highest BCUT2D eigenvalue weighted by Crippen LogP contribution is 2.34. The second-order valence-electron chi connectivity index (χ2n) is 8.10. The van der Waals surface area contributed by atoms with Gasteiger partial charge in [-0.2, -0.15) is 0 Å². The smallest absolute Gasteiger partial charge is 0.223 e. The van der Waals surface area contributed by atoms with Crippen LogP contribution in [0.3, 0.4) is 0 Å². The summed E-state index contributed by atoms with van der Waals surface area (Å²) in [5, 5.41) is 12.9. The zero-order valence-corrected chi connectivity index (χ0v) is 17.4. The van der Waals surface area contributed by atoms with Crippen molar-refractivity contribution >= 4 is 11.6 Å². The highest BCUT2D eigenvalue weighted by molar-refractivity contribution is 5.81. The lowest BCUT2D eigenvalue weighted by atomic mass is 9.96. The Morgan fingerprint density at radius 1 is 1.03 bits per heavy atom. The number of nitrogens with one attached hydrogen (secondary N) is 1. The Hall–Kier alpha value is -3.39. The molecule has 1 aliphatic carbocycles. The summed E-state index contributed by atoms with van der Waals surface area (Å²) in [4.78, 5) is 13.7. The van der Waals surface area contributed by atoms with Crippen LogP contribution in [0.1, 0.15) is 37.7 Å². The lowest BCUT2D eigenvalue weighted by molar-refractivity contribution is 0.282. The van der Waals surface area contributed by atoms with Gasteiger partial charge < -0.3 is 10.4 Å². The molecule has 3 aromatic heterocycles. The van der Waals surface area contributed by atoms with E-state index in [1.54, 1.807) is 35.0 Å². The molecule has 0 unspecified atom stereocenters. The van der Waals surface area contributed by atoms with Crippen molar-refractivity contribution in [2.45, 2.75) is 44.8 Å². The van der Waals surface area contributed by atoms with Crippen molar-refractivity contribution < 1.29 is 13.9 Å². The molecule has 0 spiro atoms. The number of rotatable bonds is 5. The second-order valence-corrected chi connectivity index (χ2v) is 8.10. The Morgan fingerprint density at radius 2 is 1.88 bits per heavy atom. The van der Waals surface area contributed by atoms with Gasteiger partial charge in [0.05, 0.1) is 18.0 Å². The molecule has 164 valence electrons. The number of pyridine rings is 1. The average Bonchev–Trinajstić information content (AvgIpc) is 3.18. The Labute approximate surface area is 184 Å². The summed E-state index contributed by atoms with van der Waals surface area (Å²) in [5.41, 5.74) is 2.88. The number of aliphatic hydroxyl groups excluding tert-OH is 1. The SMILES string of the molecule is OCc1ccn2c(-c3ccnc(NC4CCCCC4)n3)c(-c3ccc(F)cc3F)nc2c1. The molecule has 0 aliphatic heterocycles. The minimum Gasteiger partial charge on any atom is -0.392 e. The monoisotopic (exact) mass is 435 g/mol. The van der Waals surface area contributed by atoms with Gasteiger partial charge in [0.1, 0.15) is 23.0 Å². The second kappa shape index (κ2) is 8.63. The Morgan fingerprint density at radius 3 is 2.66 bits per heavy atom. The Kier molecular flexibility index (Phi) is 5.53. The van der Waals surface area contributed by atoms with Crippen LogP contribution in [-0.2, 0) is 6.61 Å². The number of aromatic nitrogens is 4. The summed E-state index contributed by atoms with van der Waals surface area (Å²) in [7, 11) is 0. The van der Waals surface area contributed by atoms with Gasteiger partial charge in [0, 0.05) is 30.1 Å². The molecule has 2 N–H and O–H groups in total. The van der Waals surface area contributed by atoms with E-state index < -0.39 is 11.6 Å². The van der Waals surface area contributed by atoms with E-state index in [2.05, 4.69) is 15.3 Å². The van der Waals surface area contributed by atoms with Gasteiger partial charge in [-0.1, -0.05) is 19.3 Å². The predicted octanol–water partition coefficient (Wildman–Crippen LogP) is 4.97. The molecular weight excluding hydrogens is 412 g/mol. The van der Waals surface area contributed by atoms with Crippen LogP contribution in [0.4, 0.5) is 14.7 Å². The van der Waals surface area contributed by atoms with E-state index in [0.717, 1.165) is 18.9 Å². The van der Waals surface area contributed by atoms with Crippen LogP contribution < -0.4 is 5.32 Å². The first-order chi connectivity index (χ1) is 15.6. The molecule has 6 nitrogen and oxygen atoms in total.